The Bertz CT molecular complexity index is 1380. The minimum Gasteiger partial charge on any atom is -0.393 e. The highest BCUT2D eigenvalue weighted by atomic mass is 16.7. The second-order valence-corrected chi connectivity index (χ2v) is 9.93. The molecular formula is C26H30N12O5. The van der Waals surface area contributed by atoms with E-state index in [1.807, 2.05) is 60.7 Å². The first-order chi connectivity index (χ1) is 21.1. The smallest absolute Gasteiger partial charge is 0.169 e. The van der Waals surface area contributed by atoms with Crippen molar-refractivity contribution in [1.82, 2.24) is 0 Å². The van der Waals surface area contributed by atoms with Gasteiger partial charge in [-0.05, 0) is 39.7 Å². The van der Waals surface area contributed by atoms with Crippen molar-refractivity contribution < 1.29 is 24.1 Å². The summed E-state index contributed by atoms with van der Waals surface area (Å²) in [7, 11) is 0. The molecule has 1 N–H and O–H groups in total. The van der Waals surface area contributed by atoms with Crippen molar-refractivity contribution in [3.8, 4) is 0 Å². The third kappa shape index (κ3) is 8.51. The third-order valence-corrected chi connectivity index (χ3v) is 7.23. The number of nitrogens with zero attached hydrogens (tertiary/aromatic N) is 12. The lowest BCUT2D eigenvalue weighted by molar-refractivity contribution is -0.291. The predicted molar refractivity (Wildman–Crippen MR) is 152 cm³/mol. The van der Waals surface area contributed by atoms with E-state index in [9.17, 15) is 10.6 Å². The van der Waals surface area contributed by atoms with Crippen LogP contribution in [0, 0.1) is 0 Å². The molecule has 4 rings (SSSR count). The number of benzene rings is 2. The van der Waals surface area contributed by atoms with E-state index in [0.717, 1.165) is 11.1 Å². The molecule has 224 valence electrons. The van der Waals surface area contributed by atoms with Crippen LogP contribution in [-0.4, -0.2) is 66.6 Å². The van der Waals surface area contributed by atoms with Crippen molar-refractivity contribution in [2.75, 3.05) is 6.54 Å². The van der Waals surface area contributed by atoms with Crippen LogP contribution in [0.2, 0.25) is 0 Å². The molecule has 0 amide bonds. The van der Waals surface area contributed by atoms with E-state index in [0.29, 0.717) is 0 Å². The minimum absolute atomic E-state index is 0.0256. The summed E-state index contributed by atoms with van der Waals surface area (Å²) in [5.41, 5.74) is 38.4. The highest BCUT2D eigenvalue weighted by molar-refractivity contribution is 5.15. The van der Waals surface area contributed by atoms with Gasteiger partial charge in [0.1, 0.15) is 18.2 Å². The maximum absolute atomic E-state index is 10.6. The number of ether oxygens (including phenoxy) is 4. The molecule has 0 spiro atoms. The van der Waals surface area contributed by atoms with E-state index in [2.05, 4.69) is 40.1 Å². The molecule has 0 radical (unpaired) electrons. The Morgan fingerprint density at radius 1 is 0.744 bits per heavy atom. The second-order valence-electron chi connectivity index (χ2n) is 9.93. The maximum Gasteiger partial charge on any atom is 0.169 e. The second kappa shape index (κ2) is 16.2. The number of aliphatic hydroxyl groups is 1. The fourth-order valence-corrected chi connectivity index (χ4v) is 5.18. The molecule has 1 heterocycles. The van der Waals surface area contributed by atoms with Crippen LogP contribution in [-0.2, 0) is 32.2 Å². The summed E-state index contributed by atoms with van der Waals surface area (Å²) in [6, 6.07) is 16.0. The molecule has 17 nitrogen and oxygen atoms in total. The van der Waals surface area contributed by atoms with E-state index in [1.165, 1.54) is 0 Å². The van der Waals surface area contributed by atoms with Gasteiger partial charge in [0.25, 0.3) is 0 Å². The van der Waals surface area contributed by atoms with Crippen LogP contribution in [0.15, 0.2) is 81.1 Å². The first-order valence-electron chi connectivity index (χ1n) is 13.5. The highest BCUT2D eigenvalue weighted by Gasteiger charge is 2.49. The number of rotatable bonds is 13. The molecule has 0 bridgehead atoms. The monoisotopic (exact) mass is 590 g/mol. The van der Waals surface area contributed by atoms with Crippen LogP contribution in [0.5, 0.6) is 0 Å². The molecule has 2 aromatic carbocycles. The number of hydrogen-bond acceptors (Lipinski definition) is 9. The molecule has 17 heteroatoms. The summed E-state index contributed by atoms with van der Waals surface area (Å²) in [5.74, 6) is 0. The number of azide groups is 4. The van der Waals surface area contributed by atoms with E-state index in [1.54, 1.807) is 0 Å². The van der Waals surface area contributed by atoms with Crippen LogP contribution >= 0.6 is 0 Å². The average molecular weight is 591 g/mol. The highest BCUT2D eigenvalue weighted by Crippen LogP contribution is 2.35. The number of aliphatic hydroxyl groups excluding tert-OH is 1. The summed E-state index contributed by atoms with van der Waals surface area (Å²) in [6.07, 6.45) is -5.95. The van der Waals surface area contributed by atoms with Crippen molar-refractivity contribution in [2.45, 2.75) is 81.0 Å². The lowest BCUT2D eigenvalue weighted by atomic mass is 9.86. The van der Waals surface area contributed by atoms with Crippen molar-refractivity contribution in [1.29, 1.82) is 0 Å². The van der Waals surface area contributed by atoms with Crippen molar-refractivity contribution in [2.24, 2.45) is 20.5 Å². The standard InChI is InChI=1S/C26H30N12O5/c27-35-31-13-22-24(40-14-16-7-3-1-4-8-16)25(41-15-17-9-5-2-6-10-17)23(34-38-30)26(43-22)42-21-12-20(39)18(32-36-28)11-19(21)33-37-29/h1-10,18-26,39H,11-15H2/t18-,19-,20-,21-,22+,23+,24+,25+,26-/m0/s1. The zero-order valence-corrected chi connectivity index (χ0v) is 23.0. The van der Waals surface area contributed by atoms with E-state index in [-0.39, 0.29) is 32.6 Å². The molecule has 2 aromatic rings. The SMILES string of the molecule is [N-]=[N+]=NC[C@H]1O[C@H](O[C@H]2C[C@H](O)[C@@H](N=[N+]=[N-])C[C@@H]2N=[N+]=[N-])[C@H](N=[N+]=[N-])[C@@H](OCc2ccccc2)[C@@H]1OCc1ccccc1. The van der Waals surface area contributed by atoms with Gasteiger partial charge in [0.2, 0.25) is 0 Å². The molecule has 0 aromatic heterocycles. The van der Waals surface area contributed by atoms with Crippen molar-refractivity contribution in [3.63, 3.8) is 0 Å². The summed E-state index contributed by atoms with van der Waals surface area (Å²) in [5, 5.41) is 25.7. The van der Waals surface area contributed by atoms with Gasteiger partial charge >= 0.3 is 0 Å². The lowest BCUT2D eigenvalue weighted by Crippen LogP contribution is -2.61. The quantitative estimate of drug-likeness (QED) is 0.173. The Kier molecular flexibility index (Phi) is 11.8. The van der Waals surface area contributed by atoms with Gasteiger partial charge < -0.3 is 24.1 Å². The van der Waals surface area contributed by atoms with Gasteiger partial charge in [0.15, 0.2) is 6.29 Å². The molecule has 1 aliphatic carbocycles. The molecule has 1 aliphatic heterocycles. The predicted octanol–water partition coefficient (Wildman–Crippen LogP) is 5.77. The Labute approximate surface area is 245 Å². The summed E-state index contributed by atoms with van der Waals surface area (Å²) >= 11 is 0. The molecule has 0 unspecified atom stereocenters. The summed E-state index contributed by atoms with van der Waals surface area (Å²) in [6.45, 7) is 0.137. The van der Waals surface area contributed by atoms with Crippen LogP contribution in [0.4, 0.5) is 0 Å². The molecule has 43 heavy (non-hydrogen) atoms. The molecule has 2 fully saturated rings. The fourth-order valence-electron chi connectivity index (χ4n) is 5.18. The molecule has 1 saturated heterocycles. The van der Waals surface area contributed by atoms with Gasteiger partial charge in [-0.2, -0.15) is 0 Å². The first-order valence-corrected chi connectivity index (χ1v) is 13.5. The molecular weight excluding hydrogens is 560 g/mol. The summed E-state index contributed by atoms with van der Waals surface area (Å²) in [4.78, 5) is 11.5. The Hall–Kier alpha value is -4.52. The van der Waals surface area contributed by atoms with E-state index < -0.39 is 54.9 Å². The minimum atomic E-state index is -1.27. The van der Waals surface area contributed by atoms with Crippen LogP contribution < -0.4 is 0 Å². The normalized spacial score (nSPS) is 30.0. The maximum atomic E-state index is 10.6. The molecule has 1 saturated carbocycles. The van der Waals surface area contributed by atoms with Gasteiger partial charge in [0.05, 0.1) is 50.2 Å². The average Bonchev–Trinajstić information content (AvgIpc) is 3.02. The van der Waals surface area contributed by atoms with Gasteiger partial charge in [-0.15, -0.1) is 0 Å². The number of hydrogen-bond donors (Lipinski definition) is 1. The fraction of sp³-hybridized carbons (Fsp3) is 0.538. The van der Waals surface area contributed by atoms with Gasteiger partial charge in [-0.3, -0.25) is 0 Å². The van der Waals surface area contributed by atoms with Gasteiger partial charge in [-0.1, -0.05) is 81.1 Å². The topological polar surface area (TPSA) is 252 Å². The van der Waals surface area contributed by atoms with Crippen LogP contribution in [0.25, 0.3) is 41.8 Å². The third-order valence-electron chi connectivity index (χ3n) is 7.23. The first kappa shape index (κ1) is 31.4. The Balaban J connectivity index is 1.66. The van der Waals surface area contributed by atoms with Crippen LogP contribution in [0.1, 0.15) is 24.0 Å². The zero-order valence-electron chi connectivity index (χ0n) is 23.0. The summed E-state index contributed by atoms with van der Waals surface area (Å²) < 4.78 is 25.1. The Morgan fingerprint density at radius 2 is 1.33 bits per heavy atom. The van der Waals surface area contributed by atoms with Crippen molar-refractivity contribution >= 4 is 0 Å². The van der Waals surface area contributed by atoms with E-state index >= 15 is 0 Å². The van der Waals surface area contributed by atoms with E-state index in [4.69, 9.17) is 35.5 Å². The molecule has 2 aliphatic rings. The van der Waals surface area contributed by atoms with Crippen LogP contribution in [0.3, 0.4) is 0 Å². The Morgan fingerprint density at radius 3 is 1.91 bits per heavy atom. The van der Waals surface area contributed by atoms with Crippen molar-refractivity contribution in [3.05, 3.63) is 114 Å². The van der Waals surface area contributed by atoms with Gasteiger partial charge in [-0.25, -0.2) is 0 Å². The van der Waals surface area contributed by atoms with Gasteiger partial charge in [0, 0.05) is 26.1 Å². The largest absolute Gasteiger partial charge is 0.393 e. The lowest BCUT2D eigenvalue weighted by Gasteiger charge is -2.46. The zero-order chi connectivity index (χ0) is 30.4. The molecule has 9 atom stereocenters.